The van der Waals surface area contributed by atoms with Gasteiger partial charge in [0.25, 0.3) is 0 Å². The highest BCUT2D eigenvalue weighted by Crippen LogP contribution is 2.33. The smallest absolute Gasteiger partial charge is 0.135 e. The van der Waals surface area contributed by atoms with Gasteiger partial charge in [-0.1, -0.05) is 0 Å². The maximum absolute atomic E-state index is 5.22. The summed E-state index contributed by atoms with van der Waals surface area (Å²) in [4.78, 5) is 16.2. The first-order valence-corrected chi connectivity index (χ1v) is 8.94. The Morgan fingerprint density at radius 3 is 3.08 bits per heavy atom. The molecule has 0 N–H and O–H groups in total. The van der Waals surface area contributed by atoms with Crippen LogP contribution in [0.15, 0.2) is 18.7 Å². The molecule has 0 unspecified atom stereocenters. The molecule has 1 atom stereocenters. The lowest BCUT2D eigenvalue weighted by atomic mass is 9.96. The predicted octanol–water partition coefficient (Wildman–Crippen LogP) is 2.19. The van der Waals surface area contributed by atoms with Crippen molar-refractivity contribution in [2.45, 2.75) is 44.6 Å². The number of piperidine rings is 1. The number of methoxy groups -OCH3 is 1. The molecule has 3 heterocycles. The van der Waals surface area contributed by atoms with Crippen molar-refractivity contribution < 1.29 is 4.74 Å². The topological polar surface area (TPSA) is 56.1 Å². The highest BCUT2D eigenvalue weighted by Gasteiger charge is 2.28. The van der Waals surface area contributed by atoms with Crippen molar-refractivity contribution >= 4 is 5.82 Å². The molecule has 1 aliphatic carbocycles. The molecule has 1 saturated heterocycles. The van der Waals surface area contributed by atoms with E-state index in [0.29, 0.717) is 5.92 Å². The Hall–Kier alpha value is -1.95. The molecule has 0 amide bonds. The summed E-state index contributed by atoms with van der Waals surface area (Å²) in [5, 5.41) is 0. The fourth-order valence-corrected chi connectivity index (χ4v) is 4.05. The zero-order chi connectivity index (χ0) is 16.4. The molecule has 6 heteroatoms. The van der Waals surface area contributed by atoms with E-state index in [2.05, 4.69) is 30.6 Å². The largest absolute Gasteiger partial charge is 0.383 e. The van der Waals surface area contributed by atoms with E-state index in [1.165, 1.54) is 36.3 Å². The van der Waals surface area contributed by atoms with Gasteiger partial charge in [-0.25, -0.2) is 15.0 Å². The third kappa shape index (κ3) is 2.90. The van der Waals surface area contributed by atoms with Crippen LogP contribution in [0.1, 0.15) is 42.3 Å². The number of hydrogen-bond donors (Lipinski definition) is 0. The van der Waals surface area contributed by atoms with Crippen LogP contribution < -0.4 is 4.90 Å². The molecule has 1 fully saturated rings. The number of anilines is 1. The van der Waals surface area contributed by atoms with Crippen LogP contribution in [-0.2, 0) is 24.1 Å². The van der Waals surface area contributed by atoms with Gasteiger partial charge in [-0.15, -0.1) is 0 Å². The van der Waals surface area contributed by atoms with Crippen LogP contribution in [0.25, 0.3) is 0 Å². The van der Waals surface area contributed by atoms with E-state index in [1.807, 2.05) is 6.20 Å². The highest BCUT2D eigenvalue weighted by molar-refractivity contribution is 5.51. The van der Waals surface area contributed by atoms with Crippen LogP contribution in [0.5, 0.6) is 0 Å². The summed E-state index contributed by atoms with van der Waals surface area (Å²) in [5.74, 6) is 2.80. The molecule has 2 aliphatic rings. The van der Waals surface area contributed by atoms with Crippen molar-refractivity contribution in [3.8, 4) is 0 Å². The van der Waals surface area contributed by atoms with Crippen molar-refractivity contribution in [1.82, 2.24) is 19.5 Å². The average molecular weight is 327 g/mol. The van der Waals surface area contributed by atoms with E-state index in [1.54, 1.807) is 13.4 Å². The Morgan fingerprint density at radius 1 is 1.21 bits per heavy atom. The minimum Gasteiger partial charge on any atom is -0.383 e. The fourth-order valence-electron chi connectivity index (χ4n) is 4.05. The first-order valence-electron chi connectivity index (χ1n) is 8.94. The van der Waals surface area contributed by atoms with Gasteiger partial charge in [-0.3, -0.25) is 0 Å². The third-order valence-corrected chi connectivity index (χ3v) is 5.22. The summed E-state index contributed by atoms with van der Waals surface area (Å²) in [6.45, 7) is 3.66. The van der Waals surface area contributed by atoms with E-state index in [-0.39, 0.29) is 0 Å². The summed E-state index contributed by atoms with van der Waals surface area (Å²) < 4.78 is 7.46. The zero-order valence-corrected chi connectivity index (χ0v) is 14.3. The summed E-state index contributed by atoms with van der Waals surface area (Å²) in [7, 11) is 1.74. The van der Waals surface area contributed by atoms with Gasteiger partial charge in [-0.05, 0) is 32.1 Å². The second-order valence-electron chi connectivity index (χ2n) is 6.73. The monoisotopic (exact) mass is 327 g/mol. The first kappa shape index (κ1) is 15.6. The molecule has 2 aromatic heterocycles. The van der Waals surface area contributed by atoms with Crippen LogP contribution >= 0.6 is 0 Å². The maximum atomic E-state index is 5.22. The number of ether oxygens (including phenoxy) is 1. The summed E-state index contributed by atoms with van der Waals surface area (Å²) in [5.41, 5.74) is 2.63. The molecule has 24 heavy (non-hydrogen) atoms. The first-order chi connectivity index (χ1) is 11.9. The van der Waals surface area contributed by atoms with E-state index < -0.39 is 0 Å². The fraction of sp³-hybridized carbons (Fsp3) is 0.611. The third-order valence-electron chi connectivity index (χ3n) is 5.22. The molecular weight excluding hydrogens is 302 g/mol. The minimum absolute atomic E-state index is 0.456. The van der Waals surface area contributed by atoms with Gasteiger partial charge in [0.15, 0.2) is 0 Å². The SMILES string of the molecule is COCCn1ccnc1[C@H]1CCCN(c2ncnc3c2CCC3)C1. The molecular formula is C18H25N5O. The molecule has 2 aromatic rings. The summed E-state index contributed by atoms with van der Waals surface area (Å²) in [6, 6.07) is 0. The normalized spacial score (nSPS) is 20.4. The minimum atomic E-state index is 0.456. The van der Waals surface area contributed by atoms with Gasteiger partial charge in [-0.2, -0.15) is 0 Å². The van der Waals surface area contributed by atoms with E-state index in [4.69, 9.17) is 4.74 Å². The number of hydrogen-bond acceptors (Lipinski definition) is 5. The molecule has 4 rings (SSSR count). The van der Waals surface area contributed by atoms with Crippen LogP contribution in [0.4, 0.5) is 5.82 Å². The van der Waals surface area contributed by atoms with Crippen molar-refractivity contribution in [1.29, 1.82) is 0 Å². The van der Waals surface area contributed by atoms with Crippen molar-refractivity contribution in [3.05, 3.63) is 35.8 Å². The lowest BCUT2D eigenvalue weighted by Crippen LogP contribution is -2.36. The number of imidazole rings is 1. The van der Waals surface area contributed by atoms with Gasteiger partial charge < -0.3 is 14.2 Å². The lowest BCUT2D eigenvalue weighted by molar-refractivity contribution is 0.185. The zero-order valence-electron chi connectivity index (χ0n) is 14.3. The highest BCUT2D eigenvalue weighted by atomic mass is 16.5. The van der Waals surface area contributed by atoms with Gasteiger partial charge in [0.1, 0.15) is 18.0 Å². The number of nitrogens with zero attached hydrogens (tertiary/aromatic N) is 5. The molecule has 0 saturated carbocycles. The van der Waals surface area contributed by atoms with Crippen molar-refractivity contribution in [3.63, 3.8) is 0 Å². The lowest BCUT2D eigenvalue weighted by Gasteiger charge is -2.34. The quantitative estimate of drug-likeness (QED) is 0.842. The van der Waals surface area contributed by atoms with E-state index in [9.17, 15) is 0 Å². The van der Waals surface area contributed by atoms with Crippen LogP contribution in [-0.4, -0.2) is 46.3 Å². The van der Waals surface area contributed by atoms with E-state index in [0.717, 1.165) is 44.9 Å². The van der Waals surface area contributed by atoms with Crippen molar-refractivity contribution in [2.24, 2.45) is 0 Å². The number of aromatic nitrogens is 4. The standard InChI is InChI=1S/C18H25N5O/c1-24-11-10-22-9-7-19-17(22)14-4-3-8-23(12-14)18-15-5-2-6-16(15)20-13-21-18/h7,9,13-14H,2-6,8,10-12H2,1H3/t14-/m0/s1. The molecule has 6 nitrogen and oxygen atoms in total. The predicted molar refractivity (Wildman–Crippen MR) is 92.3 cm³/mol. The average Bonchev–Trinajstić information content (AvgIpc) is 3.28. The molecule has 0 spiro atoms. The maximum Gasteiger partial charge on any atom is 0.135 e. The van der Waals surface area contributed by atoms with Crippen LogP contribution in [0, 0.1) is 0 Å². The Labute approximate surface area is 142 Å². The summed E-state index contributed by atoms with van der Waals surface area (Å²) in [6.07, 6.45) is 11.5. The molecule has 1 aliphatic heterocycles. The molecule has 0 aromatic carbocycles. The number of aryl methyl sites for hydroxylation is 1. The Morgan fingerprint density at radius 2 is 2.17 bits per heavy atom. The van der Waals surface area contributed by atoms with Crippen LogP contribution in [0.2, 0.25) is 0 Å². The number of fused-ring (bicyclic) bond motifs is 1. The van der Waals surface area contributed by atoms with Crippen molar-refractivity contribution in [2.75, 3.05) is 31.7 Å². The summed E-state index contributed by atoms with van der Waals surface area (Å²) >= 11 is 0. The Kier molecular flexibility index (Phi) is 4.47. The second kappa shape index (κ2) is 6.89. The Bertz CT molecular complexity index is 698. The second-order valence-corrected chi connectivity index (χ2v) is 6.73. The van der Waals surface area contributed by atoms with Gasteiger partial charge in [0.05, 0.1) is 6.61 Å². The number of rotatable bonds is 5. The molecule has 0 bridgehead atoms. The Balaban J connectivity index is 1.55. The van der Waals surface area contributed by atoms with Crippen LogP contribution in [0.3, 0.4) is 0 Å². The van der Waals surface area contributed by atoms with Gasteiger partial charge in [0, 0.05) is 56.3 Å². The molecule has 0 radical (unpaired) electrons. The van der Waals surface area contributed by atoms with Gasteiger partial charge in [0.2, 0.25) is 0 Å². The van der Waals surface area contributed by atoms with E-state index >= 15 is 0 Å². The van der Waals surface area contributed by atoms with Gasteiger partial charge >= 0.3 is 0 Å². The molecule has 128 valence electrons.